The molecule has 0 saturated carbocycles. The topological polar surface area (TPSA) is 88.2 Å². The number of amides is 2. The maximum Gasteiger partial charge on any atom is 0.328 e. The number of likely N-dealkylation sites (tertiary alicyclic amines) is 1. The molecule has 4 rings (SSSR count). The summed E-state index contributed by atoms with van der Waals surface area (Å²) in [4.78, 5) is 44.6. The van der Waals surface area contributed by atoms with Crippen molar-refractivity contribution < 1.29 is 23.9 Å². The molecule has 1 N–H and O–H groups in total. The molecule has 0 bridgehead atoms. The van der Waals surface area contributed by atoms with Gasteiger partial charge in [-0.15, -0.1) is 0 Å². The zero-order chi connectivity index (χ0) is 30.1. The standard InChI is InChI=1S/C32H41Cl2N3O5/c1-3-28(32(40)42-4-2)37-30(22-9-11-25(33)12-10-22)27(23-7-5-8-26(34)19-23)20-24(31(37)39)21-29(38)35-13-6-14-36-15-17-41-18-16-36/h5,7-12,19,24,27-28,30H,3-4,6,13-18,20-21H2,1-2H3,(H,35,38)/t24-,27-,28+,30?/m1/s1. The minimum Gasteiger partial charge on any atom is -0.464 e. The van der Waals surface area contributed by atoms with Gasteiger partial charge in [-0.25, -0.2) is 4.79 Å². The quantitative estimate of drug-likeness (QED) is 0.259. The fourth-order valence-corrected chi connectivity index (χ4v) is 6.40. The Morgan fingerprint density at radius 3 is 2.45 bits per heavy atom. The van der Waals surface area contributed by atoms with Crippen molar-refractivity contribution in [2.45, 2.75) is 57.5 Å². The fourth-order valence-electron chi connectivity index (χ4n) is 6.07. The first-order chi connectivity index (χ1) is 20.3. The van der Waals surface area contributed by atoms with Crippen LogP contribution < -0.4 is 5.32 Å². The monoisotopic (exact) mass is 617 g/mol. The number of benzene rings is 2. The number of rotatable bonds is 12. The summed E-state index contributed by atoms with van der Waals surface area (Å²) < 4.78 is 10.8. The van der Waals surface area contributed by atoms with E-state index in [2.05, 4.69) is 10.2 Å². The molecule has 0 radical (unpaired) electrons. The van der Waals surface area contributed by atoms with E-state index in [0.29, 0.717) is 29.4 Å². The van der Waals surface area contributed by atoms with E-state index in [1.165, 1.54) is 0 Å². The van der Waals surface area contributed by atoms with Crippen LogP contribution in [0.4, 0.5) is 0 Å². The SMILES string of the molecule is CCOC(=O)[C@H](CC)N1C(=O)[C@@H](CC(=O)NCCCN2CCOCC2)C[C@H](c2cccc(Cl)c2)C1c1ccc(Cl)cc1. The lowest BCUT2D eigenvalue weighted by Crippen LogP contribution is -2.55. The number of piperidine rings is 1. The molecule has 2 aromatic carbocycles. The molecule has 0 spiro atoms. The molecule has 1 unspecified atom stereocenters. The molecular weight excluding hydrogens is 577 g/mol. The Hall–Kier alpha value is -2.65. The van der Waals surface area contributed by atoms with Gasteiger partial charge in [0.05, 0.1) is 25.9 Å². The average molecular weight is 619 g/mol. The lowest BCUT2D eigenvalue weighted by atomic mass is 9.74. The van der Waals surface area contributed by atoms with Crippen molar-refractivity contribution in [2.24, 2.45) is 5.92 Å². The van der Waals surface area contributed by atoms with Crippen molar-refractivity contribution in [2.75, 3.05) is 46.0 Å². The van der Waals surface area contributed by atoms with Crippen molar-refractivity contribution >= 4 is 41.0 Å². The summed E-state index contributed by atoms with van der Waals surface area (Å²) in [6.45, 7) is 8.52. The number of morpholine rings is 1. The Kier molecular flexibility index (Phi) is 12.1. The van der Waals surface area contributed by atoms with E-state index in [-0.39, 0.29) is 30.8 Å². The van der Waals surface area contributed by atoms with Crippen molar-refractivity contribution in [1.29, 1.82) is 0 Å². The molecule has 2 saturated heterocycles. The summed E-state index contributed by atoms with van der Waals surface area (Å²) in [5.41, 5.74) is 1.79. The maximum absolute atomic E-state index is 14.3. The minimum atomic E-state index is -0.806. The van der Waals surface area contributed by atoms with Gasteiger partial charge < -0.3 is 19.7 Å². The number of halogens is 2. The minimum absolute atomic E-state index is 0.0382. The van der Waals surface area contributed by atoms with Crippen molar-refractivity contribution in [3.8, 4) is 0 Å². The number of carbonyl (C=O) groups excluding carboxylic acids is 3. The lowest BCUT2D eigenvalue weighted by molar-refractivity contribution is -0.163. The molecule has 0 aromatic heterocycles. The third-order valence-electron chi connectivity index (χ3n) is 8.10. The van der Waals surface area contributed by atoms with Crippen LogP contribution in [0.5, 0.6) is 0 Å². The summed E-state index contributed by atoms with van der Waals surface area (Å²) in [5.74, 6) is -1.68. The summed E-state index contributed by atoms with van der Waals surface area (Å²) >= 11 is 12.6. The number of esters is 1. The van der Waals surface area contributed by atoms with Crippen LogP contribution >= 0.6 is 23.2 Å². The zero-order valence-corrected chi connectivity index (χ0v) is 25.9. The van der Waals surface area contributed by atoms with Gasteiger partial charge in [0.25, 0.3) is 0 Å². The highest BCUT2D eigenvalue weighted by atomic mass is 35.5. The molecule has 2 heterocycles. The highest BCUT2D eigenvalue weighted by molar-refractivity contribution is 6.30. The summed E-state index contributed by atoms with van der Waals surface area (Å²) in [6, 6.07) is 13.7. The van der Waals surface area contributed by atoms with Crippen LogP contribution in [0, 0.1) is 5.92 Å². The van der Waals surface area contributed by atoms with Gasteiger partial charge in [-0.2, -0.15) is 0 Å². The molecule has 228 valence electrons. The third kappa shape index (κ3) is 8.25. The lowest BCUT2D eigenvalue weighted by Gasteiger charge is -2.47. The van der Waals surface area contributed by atoms with Gasteiger partial charge in [-0.1, -0.05) is 54.4 Å². The first-order valence-electron chi connectivity index (χ1n) is 14.9. The molecule has 2 aliphatic heterocycles. The second-order valence-electron chi connectivity index (χ2n) is 10.9. The van der Waals surface area contributed by atoms with Crippen LogP contribution in [0.3, 0.4) is 0 Å². The Bertz CT molecular complexity index is 1200. The number of nitrogens with one attached hydrogen (secondary N) is 1. The fraction of sp³-hybridized carbons (Fsp3) is 0.531. The van der Waals surface area contributed by atoms with Crippen LogP contribution in [0.15, 0.2) is 48.5 Å². The predicted molar refractivity (Wildman–Crippen MR) is 164 cm³/mol. The highest BCUT2D eigenvalue weighted by Crippen LogP contribution is 2.47. The second kappa shape index (κ2) is 15.7. The van der Waals surface area contributed by atoms with Crippen molar-refractivity contribution in [3.05, 3.63) is 69.7 Å². The molecule has 2 fully saturated rings. The van der Waals surface area contributed by atoms with Crippen LogP contribution in [-0.4, -0.2) is 79.6 Å². The van der Waals surface area contributed by atoms with E-state index in [4.69, 9.17) is 32.7 Å². The normalized spacial score (nSPS) is 22.0. The zero-order valence-electron chi connectivity index (χ0n) is 24.4. The highest BCUT2D eigenvalue weighted by Gasteiger charge is 2.48. The molecule has 42 heavy (non-hydrogen) atoms. The molecule has 8 nitrogen and oxygen atoms in total. The van der Waals surface area contributed by atoms with Gasteiger partial charge in [0.1, 0.15) is 6.04 Å². The largest absolute Gasteiger partial charge is 0.464 e. The first-order valence-corrected chi connectivity index (χ1v) is 15.6. The number of hydrogen-bond acceptors (Lipinski definition) is 6. The van der Waals surface area contributed by atoms with Crippen molar-refractivity contribution in [1.82, 2.24) is 15.1 Å². The van der Waals surface area contributed by atoms with Gasteiger partial charge in [0.2, 0.25) is 11.8 Å². The van der Waals surface area contributed by atoms with Gasteiger partial charge >= 0.3 is 5.97 Å². The molecule has 0 aliphatic carbocycles. The number of nitrogens with zero attached hydrogens (tertiary/aromatic N) is 2. The second-order valence-corrected chi connectivity index (χ2v) is 11.7. The number of hydrogen-bond donors (Lipinski definition) is 1. The number of ether oxygens (including phenoxy) is 2. The van der Waals surface area contributed by atoms with Gasteiger partial charge in [0, 0.05) is 47.9 Å². The van der Waals surface area contributed by atoms with E-state index in [1.54, 1.807) is 24.0 Å². The van der Waals surface area contributed by atoms with Gasteiger partial charge in [0.15, 0.2) is 0 Å². The average Bonchev–Trinajstić information content (AvgIpc) is 2.98. The van der Waals surface area contributed by atoms with E-state index in [1.807, 2.05) is 43.3 Å². The Balaban J connectivity index is 1.61. The molecule has 2 aliphatic rings. The Labute approximate surface area is 258 Å². The van der Waals surface area contributed by atoms with E-state index in [0.717, 1.165) is 50.4 Å². The maximum atomic E-state index is 14.3. The van der Waals surface area contributed by atoms with E-state index < -0.39 is 24.0 Å². The molecule has 2 amide bonds. The molecular formula is C32H41Cl2N3O5. The summed E-state index contributed by atoms with van der Waals surface area (Å²) in [6.07, 6.45) is 1.67. The first kappa shape index (κ1) is 32.3. The van der Waals surface area contributed by atoms with Crippen LogP contribution in [0.2, 0.25) is 10.0 Å². The summed E-state index contributed by atoms with van der Waals surface area (Å²) in [5, 5.41) is 4.17. The van der Waals surface area contributed by atoms with Crippen LogP contribution in [-0.2, 0) is 23.9 Å². The van der Waals surface area contributed by atoms with E-state index in [9.17, 15) is 14.4 Å². The molecule has 2 aromatic rings. The Morgan fingerprint density at radius 1 is 1.05 bits per heavy atom. The predicted octanol–water partition coefficient (Wildman–Crippen LogP) is 5.24. The smallest absolute Gasteiger partial charge is 0.328 e. The number of carbonyl (C=O) groups is 3. The van der Waals surface area contributed by atoms with Crippen molar-refractivity contribution in [3.63, 3.8) is 0 Å². The Morgan fingerprint density at radius 2 is 1.79 bits per heavy atom. The van der Waals surface area contributed by atoms with E-state index >= 15 is 0 Å². The van der Waals surface area contributed by atoms with Gasteiger partial charge in [-0.3, -0.25) is 14.5 Å². The molecule has 10 heteroatoms. The summed E-state index contributed by atoms with van der Waals surface area (Å²) in [7, 11) is 0. The van der Waals surface area contributed by atoms with Gasteiger partial charge in [-0.05, 0) is 68.1 Å². The van der Waals surface area contributed by atoms with Crippen LogP contribution in [0.25, 0.3) is 0 Å². The van der Waals surface area contributed by atoms with Crippen LogP contribution in [0.1, 0.15) is 62.6 Å². The third-order valence-corrected chi connectivity index (χ3v) is 8.59. The molecule has 4 atom stereocenters.